The minimum absolute atomic E-state index is 0.000744. The lowest BCUT2D eigenvalue weighted by Crippen LogP contribution is -2.34. The number of sulfone groups is 1. The molecule has 1 saturated heterocycles. The van der Waals surface area contributed by atoms with E-state index in [2.05, 4.69) is 21.8 Å². The molecule has 1 aromatic carbocycles. The third kappa shape index (κ3) is 3.21. The molecule has 1 fully saturated rings. The number of nitrogens with zero attached hydrogens (tertiary/aromatic N) is 3. The van der Waals surface area contributed by atoms with Crippen LogP contribution < -0.4 is 10.6 Å². The first-order valence-electron chi connectivity index (χ1n) is 8.07. The van der Waals surface area contributed by atoms with Crippen LogP contribution in [0.2, 0.25) is 0 Å². The van der Waals surface area contributed by atoms with Gasteiger partial charge in [0.05, 0.1) is 11.1 Å². The topological polar surface area (TPSA) is 89.2 Å². The molecule has 0 radical (unpaired) electrons. The summed E-state index contributed by atoms with van der Waals surface area (Å²) in [6, 6.07) is 6.66. The zero-order chi connectivity index (χ0) is 17.3. The molecule has 0 spiro atoms. The smallest absolute Gasteiger partial charge is 0.227 e. The van der Waals surface area contributed by atoms with Gasteiger partial charge >= 0.3 is 0 Å². The molecule has 1 aliphatic rings. The summed E-state index contributed by atoms with van der Waals surface area (Å²) < 4.78 is 25.4. The molecule has 128 valence electrons. The van der Waals surface area contributed by atoms with Crippen LogP contribution in [0, 0.1) is 12.8 Å². The first kappa shape index (κ1) is 16.7. The van der Waals surface area contributed by atoms with Crippen LogP contribution in [-0.2, 0) is 9.84 Å². The molecule has 7 heteroatoms. The Balaban J connectivity index is 1.91. The van der Waals surface area contributed by atoms with Crippen molar-refractivity contribution in [1.82, 2.24) is 9.97 Å². The number of rotatable bonds is 3. The molecule has 0 bridgehead atoms. The minimum Gasteiger partial charge on any atom is -0.382 e. The summed E-state index contributed by atoms with van der Waals surface area (Å²) in [7, 11) is -3.71. The van der Waals surface area contributed by atoms with E-state index in [9.17, 15) is 8.42 Å². The van der Waals surface area contributed by atoms with Gasteiger partial charge in [0.15, 0.2) is 0 Å². The number of anilines is 2. The summed E-state index contributed by atoms with van der Waals surface area (Å²) in [5.74, 6) is 1.20. The highest BCUT2D eigenvalue weighted by Crippen LogP contribution is 2.27. The largest absolute Gasteiger partial charge is 0.382 e. The van der Waals surface area contributed by atoms with Crippen molar-refractivity contribution in [3.05, 3.63) is 36.0 Å². The minimum atomic E-state index is -3.71. The molecule has 0 aliphatic carbocycles. The van der Waals surface area contributed by atoms with Gasteiger partial charge in [-0.1, -0.05) is 24.6 Å². The Kier molecular flexibility index (Phi) is 4.45. The number of benzene rings is 1. The van der Waals surface area contributed by atoms with Crippen LogP contribution in [-0.4, -0.2) is 31.5 Å². The number of nitrogens with two attached hydrogens (primary N) is 1. The summed E-state index contributed by atoms with van der Waals surface area (Å²) in [5.41, 5.74) is 6.95. The molecule has 1 aromatic heterocycles. The number of aromatic nitrogens is 2. The van der Waals surface area contributed by atoms with Crippen molar-refractivity contribution in [1.29, 1.82) is 0 Å². The maximum atomic E-state index is 12.7. The molecule has 3 rings (SSSR count). The number of hydrogen-bond donors (Lipinski definition) is 1. The van der Waals surface area contributed by atoms with E-state index in [1.54, 1.807) is 24.3 Å². The third-order valence-electron chi connectivity index (χ3n) is 4.46. The fraction of sp³-hybridized carbons (Fsp3) is 0.412. The Morgan fingerprint density at radius 2 is 1.79 bits per heavy atom. The van der Waals surface area contributed by atoms with Crippen LogP contribution in [0.3, 0.4) is 0 Å². The summed E-state index contributed by atoms with van der Waals surface area (Å²) in [6.07, 6.45) is 3.48. The Labute approximate surface area is 142 Å². The molecule has 6 nitrogen and oxygen atoms in total. The first-order chi connectivity index (χ1) is 11.4. The normalized spacial score (nSPS) is 16.3. The molecule has 0 amide bonds. The molecule has 1 aliphatic heterocycles. The van der Waals surface area contributed by atoms with E-state index in [0.717, 1.165) is 31.5 Å². The number of hydrogen-bond acceptors (Lipinski definition) is 6. The standard InChI is InChI=1S/C17H22N4O2S/c1-12-3-5-14(6-4-12)24(22,23)15-11-19-17(20-16(15)18)21-9-7-13(2)8-10-21/h3-6,11,13H,7-10H2,1-2H3,(H2,18,19,20). The second kappa shape index (κ2) is 6.39. The molecule has 0 atom stereocenters. The first-order valence-corrected chi connectivity index (χ1v) is 9.55. The fourth-order valence-electron chi connectivity index (χ4n) is 2.79. The molecule has 0 saturated carbocycles. The summed E-state index contributed by atoms with van der Waals surface area (Å²) >= 11 is 0. The maximum Gasteiger partial charge on any atom is 0.227 e. The molecule has 2 aromatic rings. The second-order valence-corrected chi connectivity index (χ2v) is 8.32. The van der Waals surface area contributed by atoms with Crippen molar-refractivity contribution < 1.29 is 8.42 Å². The molecular formula is C17H22N4O2S. The molecule has 2 N–H and O–H groups in total. The highest BCUT2D eigenvalue weighted by Gasteiger charge is 2.24. The van der Waals surface area contributed by atoms with Crippen molar-refractivity contribution in [2.45, 2.75) is 36.5 Å². The van der Waals surface area contributed by atoms with E-state index in [4.69, 9.17) is 5.73 Å². The van der Waals surface area contributed by atoms with E-state index < -0.39 is 9.84 Å². The van der Waals surface area contributed by atoms with E-state index >= 15 is 0 Å². The summed E-state index contributed by atoms with van der Waals surface area (Å²) in [4.78, 5) is 10.7. The fourth-order valence-corrected chi connectivity index (χ4v) is 4.05. The van der Waals surface area contributed by atoms with Gasteiger partial charge in [-0.3, -0.25) is 0 Å². The predicted octanol–water partition coefficient (Wildman–Crippen LogP) is 2.44. The van der Waals surface area contributed by atoms with Crippen LogP contribution in [0.15, 0.2) is 40.3 Å². The van der Waals surface area contributed by atoms with E-state index in [0.29, 0.717) is 11.9 Å². The van der Waals surface area contributed by atoms with Gasteiger partial charge < -0.3 is 10.6 Å². The van der Waals surface area contributed by atoms with Gasteiger partial charge in [-0.2, -0.15) is 4.98 Å². The van der Waals surface area contributed by atoms with E-state index in [-0.39, 0.29) is 15.6 Å². The molecular weight excluding hydrogens is 324 g/mol. The Morgan fingerprint density at radius 1 is 1.17 bits per heavy atom. The zero-order valence-corrected chi connectivity index (χ0v) is 14.8. The number of piperidine rings is 1. The van der Waals surface area contributed by atoms with Gasteiger partial charge in [-0.05, 0) is 37.8 Å². The van der Waals surface area contributed by atoms with Crippen LogP contribution in [0.4, 0.5) is 11.8 Å². The highest BCUT2D eigenvalue weighted by atomic mass is 32.2. The molecule has 24 heavy (non-hydrogen) atoms. The lowest BCUT2D eigenvalue weighted by atomic mass is 10.00. The molecule has 2 heterocycles. The zero-order valence-electron chi connectivity index (χ0n) is 13.9. The predicted molar refractivity (Wildman–Crippen MR) is 93.7 cm³/mol. The van der Waals surface area contributed by atoms with E-state index in [1.807, 2.05) is 6.92 Å². The summed E-state index contributed by atoms with van der Waals surface area (Å²) in [5, 5.41) is 0. The Hall–Kier alpha value is -2.15. The maximum absolute atomic E-state index is 12.7. The Morgan fingerprint density at radius 3 is 2.38 bits per heavy atom. The monoisotopic (exact) mass is 346 g/mol. The van der Waals surface area contributed by atoms with Crippen molar-refractivity contribution >= 4 is 21.6 Å². The second-order valence-electron chi connectivity index (χ2n) is 6.41. The number of aryl methyl sites for hydroxylation is 1. The van der Waals surface area contributed by atoms with Gasteiger partial charge in [0.25, 0.3) is 0 Å². The van der Waals surface area contributed by atoms with Crippen molar-refractivity contribution in [3.8, 4) is 0 Å². The van der Waals surface area contributed by atoms with Crippen molar-refractivity contribution in [2.75, 3.05) is 23.7 Å². The number of nitrogen functional groups attached to an aromatic ring is 1. The average Bonchev–Trinajstić information content (AvgIpc) is 2.55. The van der Waals surface area contributed by atoms with Gasteiger partial charge in [0, 0.05) is 13.1 Å². The third-order valence-corrected chi connectivity index (χ3v) is 6.24. The van der Waals surface area contributed by atoms with Gasteiger partial charge in [-0.15, -0.1) is 0 Å². The quantitative estimate of drug-likeness (QED) is 0.918. The highest BCUT2D eigenvalue weighted by molar-refractivity contribution is 7.91. The van der Waals surface area contributed by atoms with Crippen LogP contribution >= 0.6 is 0 Å². The van der Waals surface area contributed by atoms with Gasteiger partial charge in [0.2, 0.25) is 15.8 Å². The average molecular weight is 346 g/mol. The van der Waals surface area contributed by atoms with Crippen molar-refractivity contribution in [2.24, 2.45) is 5.92 Å². The van der Waals surface area contributed by atoms with Crippen LogP contribution in [0.1, 0.15) is 25.3 Å². The SMILES string of the molecule is Cc1ccc(S(=O)(=O)c2cnc(N3CCC(C)CC3)nc2N)cc1. The van der Waals surface area contributed by atoms with Gasteiger partial charge in [0.1, 0.15) is 10.7 Å². The van der Waals surface area contributed by atoms with E-state index in [1.165, 1.54) is 6.20 Å². The van der Waals surface area contributed by atoms with Crippen molar-refractivity contribution in [3.63, 3.8) is 0 Å². The van der Waals surface area contributed by atoms with Crippen LogP contribution in [0.5, 0.6) is 0 Å². The Bertz CT molecular complexity index is 826. The van der Waals surface area contributed by atoms with Crippen LogP contribution in [0.25, 0.3) is 0 Å². The summed E-state index contributed by atoms with van der Waals surface area (Å²) in [6.45, 7) is 5.86. The van der Waals surface area contributed by atoms with Gasteiger partial charge in [-0.25, -0.2) is 13.4 Å². The lowest BCUT2D eigenvalue weighted by molar-refractivity contribution is 0.434. The lowest BCUT2D eigenvalue weighted by Gasteiger charge is -2.30. The molecule has 0 unspecified atom stereocenters.